The van der Waals surface area contributed by atoms with Crippen LogP contribution in [0.2, 0.25) is 0 Å². The van der Waals surface area contributed by atoms with E-state index in [4.69, 9.17) is 5.73 Å². The summed E-state index contributed by atoms with van der Waals surface area (Å²) in [5, 5.41) is 0. The summed E-state index contributed by atoms with van der Waals surface area (Å²) < 4.78 is 0. The second kappa shape index (κ2) is 4.78. The maximum absolute atomic E-state index is 11.5. The molecule has 0 aromatic carbocycles. The predicted molar refractivity (Wildman–Crippen MR) is 57.9 cm³/mol. The van der Waals surface area contributed by atoms with Gasteiger partial charge in [-0.15, -0.1) is 0 Å². The quantitative estimate of drug-likeness (QED) is 0.681. The van der Waals surface area contributed by atoms with Crippen molar-refractivity contribution in [2.45, 2.75) is 51.5 Å². The lowest BCUT2D eigenvalue weighted by atomic mass is 9.93. The Kier molecular flexibility index (Phi) is 3.93. The van der Waals surface area contributed by atoms with Crippen LogP contribution in [-0.2, 0) is 4.79 Å². The summed E-state index contributed by atoms with van der Waals surface area (Å²) in [5.41, 5.74) is 5.71. The first-order valence-electron chi connectivity index (χ1n) is 5.62. The number of nitrogens with zero attached hydrogens (tertiary/aromatic N) is 1. The van der Waals surface area contributed by atoms with Crippen molar-refractivity contribution in [3.05, 3.63) is 0 Å². The van der Waals surface area contributed by atoms with E-state index in [1.165, 1.54) is 19.3 Å². The van der Waals surface area contributed by atoms with E-state index < -0.39 is 0 Å². The molecule has 82 valence electrons. The number of rotatable bonds is 5. The van der Waals surface area contributed by atoms with E-state index in [1.54, 1.807) is 0 Å². The van der Waals surface area contributed by atoms with Crippen molar-refractivity contribution in [1.82, 2.24) is 4.90 Å². The molecule has 0 atom stereocenters. The topological polar surface area (TPSA) is 46.3 Å². The molecule has 0 saturated carbocycles. The molecule has 0 bridgehead atoms. The van der Waals surface area contributed by atoms with E-state index in [1.807, 2.05) is 11.8 Å². The number of carbonyl (C=O) groups is 1. The first-order valence-corrected chi connectivity index (χ1v) is 5.62. The summed E-state index contributed by atoms with van der Waals surface area (Å²) in [6.07, 6.45) is 5.37. The first kappa shape index (κ1) is 11.5. The fourth-order valence-electron chi connectivity index (χ4n) is 1.86. The fraction of sp³-hybridized carbons (Fsp3) is 0.909. The van der Waals surface area contributed by atoms with Crippen LogP contribution in [0.15, 0.2) is 0 Å². The lowest BCUT2D eigenvalue weighted by Gasteiger charge is -2.45. The molecule has 1 fully saturated rings. The molecule has 0 aromatic rings. The van der Waals surface area contributed by atoms with Crippen molar-refractivity contribution in [3.8, 4) is 0 Å². The van der Waals surface area contributed by atoms with Gasteiger partial charge in [0.25, 0.3) is 0 Å². The van der Waals surface area contributed by atoms with Crippen molar-refractivity contribution in [2.75, 3.05) is 13.1 Å². The standard InChI is InChI=1S/C11H22N2O/c1-3-4-5-6-7-10(14)13-8-11(2,12)9-13/h3-9,12H2,1-2H3. The highest BCUT2D eigenvalue weighted by atomic mass is 16.2. The van der Waals surface area contributed by atoms with Crippen molar-refractivity contribution < 1.29 is 4.79 Å². The van der Waals surface area contributed by atoms with E-state index in [9.17, 15) is 4.79 Å². The van der Waals surface area contributed by atoms with Gasteiger partial charge in [-0.2, -0.15) is 0 Å². The number of amides is 1. The van der Waals surface area contributed by atoms with Gasteiger partial charge in [0.1, 0.15) is 0 Å². The predicted octanol–water partition coefficient (Wildman–Crippen LogP) is 1.52. The summed E-state index contributed by atoms with van der Waals surface area (Å²) in [6.45, 7) is 5.64. The maximum Gasteiger partial charge on any atom is 0.222 e. The molecule has 0 radical (unpaired) electrons. The highest BCUT2D eigenvalue weighted by molar-refractivity contribution is 5.77. The van der Waals surface area contributed by atoms with Gasteiger partial charge in [-0.3, -0.25) is 4.79 Å². The number of hydrogen-bond donors (Lipinski definition) is 1. The smallest absolute Gasteiger partial charge is 0.222 e. The Bertz CT molecular complexity index is 193. The molecule has 1 heterocycles. The van der Waals surface area contributed by atoms with E-state index in [-0.39, 0.29) is 11.4 Å². The van der Waals surface area contributed by atoms with Gasteiger partial charge in [0.2, 0.25) is 5.91 Å². The Morgan fingerprint density at radius 3 is 2.50 bits per heavy atom. The van der Waals surface area contributed by atoms with Crippen LogP contribution in [0.3, 0.4) is 0 Å². The van der Waals surface area contributed by atoms with Crippen molar-refractivity contribution >= 4 is 5.91 Å². The largest absolute Gasteiger partial charge is 0.339 e. The van der Waals surface area contributed by atoms with Crippen LogP contribution >= 0.6 is 0 Å². The lowest BCUT2D eigenvalue weighted by Crippen LogP contribution is -2.66. The maximum atomic E-state index is 11.5. The highest BCUT2D eigenvalue weighted by Crippen LogP contribution is 2.18. The SMILES string of the molecule is CCCCCCC(=O)N1CC(C)(N)C1. The molecule has 1 rings (SSSR count). The van der Waals surface area contributed by atoms with Crippen molar-refractivity contribution in [3.63, 3.8) is 0 Å². The third kappa shape index (κ3) is 3.29. The van der Waals surface area contributed by atoms with Crippen LogP contribution in [0.4, 0.5) is 0 Å². The van der Waals surface area contributed by atoms with Crippen molar-refractivity contribution in [2.24, 2.45) is 5.73 Å². The van der Waals surface area contributed by atoms with Gasteiger partial charge >= 0.3 is 0 Å². The zero-order valence-electron chi connectivity index (χ0n) is 9.38. The molecule has 1 amide bonds. The number of hydrogen-bond acceptors (Lipinski definition) is 2. The Morgan fingerprint density at radius 2 is 2.00 bits per heavy atom. The molecule has 1 aliphatic rings. The Morgan fingerprint density at radius 1 is 1.36 bits per heavy atom. The molecule has 3 nitrogen and oxygen atoms in total. The summed E-state index contributed by atoms with van der Waals surface area (Å²) in [5.74, 6) is 0.282. The third-order valence-corrected chi connectivity index (χ3v) is 2.70. The highest BCUT2D eigenvalue weighted by Gasteiger charge is 2.37. The summed E-state index contributed by atoms with van der Waals surface area (Å²) in [4.78, 5) is 13.4. The van der Waals surface area contributed by atoms with Crippen LogP contribution in [0.5, 0.6) is 0 Å². The number of carbonyl (C=O) groups excluding carboxylic acids is 1. The average Bonchev–Trinajstić information content (AvgIpc) is 2.08. The minimum atomic E-state index is -0.126. The second-order valence-electron chi connectivity index (χ2n) is 4.71. The van der Waals surface area contributed by atoms with E-state index in [0.717, 1.165) is 19.5 Å². The summed E-state index contributed by atoms with van der Waals surface area (Å²) >= 11 is 0. The molecule has 3 heteroatoms. The molecule has 0 aromatic heterocycles. The van der Waals surface area contributed by atoms with E-state index >= 15 is 0 Å². The minimum Gasteiger partial charge on any atom is -0.339 e. The molecule has 0 unspecified atom stereocenters. The van der Waals surface area contributed by atoms with Crippen LogP contribution in [0.25, 0.3) is 0 Å². The number of unbranched alkanes of at least 4 members (excludes halogenated alkanes) is 3. The monoisotopic (exact) mass is 198 g/mol. The van der Waals surface area contributed by atoms with Gasteiger partial charge in [-0.05, 0) is 13.3 Å². The van der Waals surface area contributed by atoms with Gasteiger partial charge < -0.3 is 10.6 Å². The first-order chi connectivity index (χ1) is 6.55. The summed E-state index contributed by atoms with van der Waals surface area (Å²) in [6, 6.07) is 0. The van der Waals surface area contributed by atoms with Crippen LogP contribution < -0.4 is 5.73 Å². The molecule has 0 spiro atoms. The van der Waals surface area contributed by atoms with Gasteiger partial charge in [0.15, 0.2) is 0 Å². The van der Waals surface area contributed by atoms with Gasteiger partial charge in [-0.25, -0.2) is 0 Å². The average molecular weight is 198 g/mol. The Labute approximate surface area is 86.6 Å². The van der Waals surface area contributed by atoms with Gasteiger partial charge in [0, 0.05) is 25.0 Å². The lowest BCUT2D eigenvalue weighted by molar-refractivity contribution is -0.138. The molecular weight excluding hydrogens is 176 g/mol. The molecule has 2 N–H and O–H groups in total. The van der Waals surface area contributed by atoms with E-state index in [2.05, 4.69) is 6.92 Å². The van der Waals surface area contributed by atoms with Gasteiger partial charge in [0.05, 0.1) is 0 Å². The molecule has 14 heavy (non-hydrogen) atoms. The third-order valence-electron chi connectivity index (χ3n) is 2.70. The van der Waals surface area contributed by atoms with E-state index in [0.29, 0.717) is 6.42 Å². The molecule has 1 saturated heterocycles. The fourth-order valence-corrected chi connectivity index (χ4v) is 1.86. The normalized spacial score (nSPS) is 19.2. The molecule has 0 aliphatic carbocycles. The van der Waals surface area contributed by atoms with Crippen molar-refractivity contribution in [1.29, 1.82) is 0 Å². The van der Waals surface area contributed by atoms with Gasteiger partial charge in [-0.1, -0.05) is 26.2 Å². The number of likely N-dealkylation sites (tertiary alicyclic amines) is 1. The zero-order chi connectivity index (χ0) is 10.6. The van der Waals surface area contributed by atoms with Crippen LogP contribution in [0.1, 0.15) is 46.0 Å². The summed E-state index contributed by atoms with van der Waals surface area (Å²) in [7, 11) is 0. The van der Waals surface area contributed by atoms with Crippen LogP contribution in [-0.4, -0.2) is 29.4 Å². The molecule has 1 aliphatic heterocycles. The second-order valence-corrected chi connectivity index (χ2v) is 4.71. The van der Waals surface area contributed by atoms with Crippen LogP contribution in [0, 0.1) is 0 Å². The number of nitrogens with two attached hydrogens (primary N) is 1. The molecular formula is C11H22N2O. The minimum absolute atomic E-state index is 0.126. The Hall–Kier alpha value is -0.570. The Balaban J connectivity index is 2.06. The zero-order valence-corrected chi connectivity index (χ0v) is 9.38.